The molecule has 1 saturated carbocycles. The Bertz CT molecular complexity index is 1730. The van der Waals surface area contributed by atoms with Gasteiger partial charge in [-0.15, -0.1) is 0 Å². The highest BCUT2D eigenvalue weighted by Gasteiger charge is 2.33. The molecule has 6 rings (SSSR count). The van der Waals surface area contributed by atoms with Gasteiger partial charge in [-0.1, -0.05) is 43.0 Å². The summed E-state index contributed by atoms with van der Waals surface area (Å²) in [7, 11) is -2.77. The van der Waals surface area contributed by atoms with Crippen molar-refractivity contribution in [3.05, 3.63) is 58.3 Å². The molecule has 4 heterocycles. The molecule has 1 aromatic carbocycles. The lowest BCUT2D eigenvalue weighted by Crippen LogP contribution is -2.48. The van der Waals surface area contributed by atoms with Crippen LogP contribution in [0.3, 0.4) is 0 Å². The summed E-state index contributed by atoms with van der Waals surface area (Å²) in [4.78, 5) is 33.8. The summed E-state index contributed by atoms with van der Waals surface area (Å²) in [6, 6.07) is 9.81. The lowest BCUT2D eigenvalue weighted by molar-refractivity contribution is -0.139. The van der Waals surface area contributed by atoms with E-state index in [2.05, 4.69) is 34.4 Å². The second-order valence-corrected chi connectivity index (χ2v) is 13.7. The van der Waals surface area contributed by atoms with E-state index in [1.54, 1.807) is 6.07 Å². The number of aryl methyl sites for hydroxylation is 1. The summed E-state index contributed by atoms with van der Waals surface area (Å²) >= 11 is 0. The van der Waals surface area contributed by atoms with Crippen LogP contribution in [0, 0.1) is 6.92 Å². The maximum Gasteiger partial charge on any atom is 0.301 e. The molecule has 3 aromatic rings. The maximum absolute atomic E-state index is 14.1. The number of benzene rings is 1. The number of nitrogens with one attached hydrogen (secondary N) is 2. The van der Waals surface area contributed by atoms with Crippen LogP contribution < -0.4 is 9.44 Å². The molecule has 1 aliphatic carbocycles. The summed E-state index contributed by atoms with van der Waals surface area (Å²) < 4.78 is 36.3. The molecular formula is C32H39N5O5S. The van der Waals surface area contributed by atoms with Crippen molar-refractivity contribution < 1.29 is 22.7 Å². The van der Waals surface area contributed by atoms with Crippen LogP contribution in [-0.2, 0) is 26.3 Å². The number of hydrogen-bond donors (Lipinski definition) is 2. The first-order chi connectivity index (χ1) is 20.5. The zero-order valence-corrected chi connectivity index (χ0v) is 26.0. The molecule has 228 valence electrons. The minimum Gasteiger partial charge on any atom is -0.372 e. The lowest BCUT2D eigenvalue weighted by Gasteiger charge is -2.35. The van der Waals surface area contributed by atoms with E-state index < -0.39 is 16.1 Å². The molecule has 0 bridgehead atoms. The van der Waals surface area contributed by atoms with Crippen molar-refractivity contribution in [2.75, 3.05) is 20.1 Å². The van der Waals surface area contributed by atoms with Crippen LogP contribution in [0.25, 0.3) is 28.4 Å². The van der Waals surface area contributed by atoms with E-state index in [1.165, 1.54) is 19.0 Å². The number of carbonyl (C=O) groups excluding carboxylic acids is 2. The molecule has 0 radical (unpaired) electrons. The predicted molar refractivity (Wildman–Crippen MR) is 166 cm³/mol. The van der Waals surface area contributed by atoms with Crippen LogP contribution in [-0.4, -0.2) is 67.0 Å². The van der Waals surface area contributed by atoms with Crippen molar-refractivity contribution >= 4 is 39.1 Å². The molecule has 2 atom stereocenters. The third-order valence-corrected chi connectivity index (χ3v) is 9.78. The van der Waals surface area contributed by atoms with Crippen molar-refractivity contribution in [3.8, 4) is 11.3 Å². The Balaban J connectivity index is 1.55. The Morgan fingerprint density at radius 1 is 1.02 bits per heavy atom. The first kappa shape index (κ1) is 29.5. The molecule has 2 aliphatic heterocycles. The average Bonchev–Trinajstić information content (AvgIpc) is 3.19. The SMILES string of the molecule is CNS(=O)(=O)NC(=O)c1ccc2c(C3CCCCC3)c3n(c2n1)CC(C(=O)N1C[C@@H](C)O[C@@H](C)C1)=Cc1cc(C)ccc1-3. The van der Waals surface area contributed by atoms with Crippen LogP contribution in [0.15, 0.2) is 35.9 Å². The van der Waals surface area contributed by atoms with Gasteiger partial charge in [0.2, 0.25) is 0 Å². The van der Waals surface area contributed by atoms with Crippen LogP contribution in [0.5, 0.6) is 0 Å². The Morgan fingerprint density at radius 3 is 2.44 bits per heavy atom. The lowest BCUT2D eigenvalue weighted by atomic mass is 9.81. The van der Waals surface area contributed by atoms with Gasteiger partial charge in [0.25, 0.3) is 11.8 Å². The highest BCUT2D eigenvalue weighted by molar-refractivity contribution is 7.88. The van der Waals surface area contributed by atoms with E-state index in [4.69, 9.17) is 9.72 Å². The van der Waals surface area contributed by atoms with Crippen LogP contribution in [0.4, 0.5) is 0 Å². The standard InChI is InChI=1S/C32H39N5O5S/c1-19-10-11-25-23(14-19)15-24(32(39)36-16-20(2)42-21(3)17-36)18-37-29(25)28(22-8-6-5-7-9-22)26-12-13-27(34-30(26)37)31(38)35-43(40,41)33-4/h10-15,20-22,33H,5-9,16-18H2,1-4H3,(H,35,38)/t20-,21+. The summed E-state index contributed by atoms with van der Waals surface area (Å²) in [6.07, 6.45) is 7.48. The largest absolute Gasteiger partial charge is 0.372 e. The number of amides is 2. The Hall–Kier alpha value is -3.54. The fraction of sp³-hybridized carbons (Fsp3) is 0.469. The van der Waals surface area contributed by atoms with Gasteiger partial charge >= 0.3 is 10.2 Å². The van der Waals surface area contributed by atoms with Gasteiger partial charge in [-0.3, -0.25) is 9.59 Å². The van der Waals surface area contributed by atoms with Crippen LogP contribution in [0.2, 0.25) is 0 Å². The van der Waals surface area contributed by atoms with Gasteiger partial charge in [0.1, 0.15) is 11.3 Å². The first-order valence-corrected chi connectivity index (χ1v) is 16.6. The van der Waals surface area contributed by atoms with Gasteiger partial charge < -0.3 is 14.2 Å². The Morgan fingerprint density at radius 2 is 1.74 bits per heavy atom. The van der Waals surface area contributed by atoms with Crippen molar-refractivity contribution in [3.63, 3.8) is 0 Å². The zero-order chi connectivity index (χ0) is 30.5. The molecular weight excluding hydrogens is 566 g/mol. The molecule has 0 spiro atoms. The predicted octanol–water partition coefficient (Wildman–Crippen LogP) is 4.29. The summed E-state index contributed by atoms with van der Waals surface area (Å²) in [6.45, 7) is 7.31. The number of nitrogens with zero attached hydrogens (tertiary/aromatic N) is 3. The Kier molecular flexibility index (Phi) is 7.91. The summed E-state index contributed by atoms with van der Waals surface area (Å²) in [5, 5.41) is 0.934. The molecule has 0 unspecified atom stereocenters. The average molecular weight is 606 g/mol. The number of pyridine rings is 1. The van der Waals surface area contributed by atoms with Gasteiger partial charge in [0.05, 0.1) is 24.4 Å². The van der Waals surface area contributed by atoms with E-state index in [1.807, 2.05) is 35.6 Å². The molecule has 10 nitrogen and oxygen atoms in total. The van der Waals surface area contributed by atoms with E-state index in [0.717, 1.165) is 53.5 Å². The van der Waals surface area contributed by atoms with E-state index in [-0.39, 0.29) is 30.4 Å². The molecule has 2 aromatic heterocycles. The molecule has 2 N–H and O–H groups in total. The molecule has 3 aliphatic rings. The number of fused-ring (bicyclic) bond motifs is 5. The van der Waals surface area contributed by atoms with E-state index in [9.17, 15) is 18.0 Å². The fourth-order valence-electron chi connectivity index (χ4n) is 6.94. The molecule has 1 saturated heterocycles. The maximum atomic E-state index is 14.1. The highest BCUT2D eigenvalue weighted by atomic mass is 32.2. The third-order valence-electron chi connectivity index (χ3n) is 8.79. The number of carbonyl (C=O) groups is 2. The van der Waals surface area contributed by atoms with Crippen LogP contribution in [0.1, 0.15) is 79.0 Å². The van der Waals surface area contributed by atoms with Gasteiger partial charge in [0, 0.05) is 36.7 Å². The minimum atomic E-state index is -4.01. The van der Waals surface area contributed by atoms with Gasteiger partial charge in [0.15, 0.2) is 0 Å². The van der Waals surface area contributed by atoms with E-state index >= 15 is 0 Å². The van der Waals surface area contributed by atoms with Crippen molar-refractivity contribution in [1.82, 2.24) is 23.9 Å². The zero-order valence-electron chi connectivity index (χ0n) is 25.1. The van der Waals surface area contributed by atoms with Crippen molar-refractivity contribution in [2.45, 2.75) is 77.5 Å². The normalized spacial score (nSPS) is 21.1. The summed E-state index contributed by atoms with van der Waals surface area (Å²) in [5.74, 6) is -0.554. The number of ether oxygens (including phenoxy) is 1. The topological polar surface area (TPSA) is 123 Å². The van der Waals surface area contributed by atoms with Crippen LogP contribution >= 0.6 is 0 Å². The second-order valence-electron chi connectivity index (χ2n) is 12.1. The quantitative estimate of drug-likeness (QED) is 0.448. The van der Waals surface area contributed by atoms with Gasteiger partial charge in [-0.25, -0.2) is 14.4 Å². The second kappa shape index (κ2) is 11.5. The molecule has 2 fully saturated rings. The molecule has 43 heavy (non-hydrogen) atoms. The highest BCUT2D eigenvalue weighted by Crippen LogP contribution is 2.46. The van der Waals surface area contributed by atoms with Crippen molar-refractivity contribution in [2.24, 2.45) is 0 Å². The first-order valence-electron chi connectivity index (χ1n) is 15.1. The minimum absolute atomic E-state index is 0.0112. The summed E-state index contributed by atoms with van der Waals surface area (Å²) in [5.41, 5.74) is 6.51. The number of rotatable bonds is 5. The third kappa shape index (κ3) is 5.73. The van der Waals surface area contributed by atoms with Gasteiger partial charge in [-0.05, 0) is 68.9 Å². The van der Waals surface area contributed by atoms with E-state index in [0.29, 0.717) is 30.2 Å². The number of aromatic nitrogens is 2. The van der Waals surface area contributed by atoms with Crippen molar-refractivity contribution in [1.29, 1.82) is 0 Å². The Labute approximate surface area is 252 Å². The van der Waals surface area contributed by atoms with Gasteiger partial charge in [-0.2, -0.15) is 8.42 Å². The molecule has 2 amide bonds. The number of morpholine rings is 1. The number of hydrogen-bond acceptors (Lipinski definition) is 6. The molecule has 11 heteroatoms. The monoisotopic (exact) mass is 605 g/mol. The smallest absolute Gasteiger partial charge is 0.301 e. The fourth-order valence-corrected chi connectivity index (χ4v) is 7.39.